The fraction of sp³-hybridized carbons (Fsp3) is 0.556. The number of nitrogens with zero attached hydrogens (tertiary/aromatic N) is 2. The maximum absolute atomic E-state index is 12.8. The maximum atomic E-state index is 12.8. The van der Waals surface area contributed by atoms with Crippen molar-refractivity contribution in [2.45, 2.75) is 57.6 Å². The summed E-state index contributed by atoms with van der Waals surface area (Å²) in [6, 6.07) is 5.50. The molecule has 0 radical (unpaired) electrons. The van der Waals surface area contributed by atoms with E-state index in [4.69, 9.17) is 4.42 Å². The van der Waals surface area contributed by atoms with E-state index in [0.717, 1.165) is 43.6 Å². The Hall–Kier alpha value is -2.08. The SMILES string of the molecule is Cc1cc(CC(=O)N2CCCCC[C@@H]2C[C@H](O)c2ccco2)n[nH]1. The Morgan fingerprint density at radius 3 is 3.08 bits per heavy atom. The summed E-state index contributed by atoms with van der Waals surface area (Å²) in [4.78, 5) is 14.7. The van der Waals surface area contributed by atoms with Crippen LogP contribution in [0.5, 0.6) is 0 Å². The van der Waals surface area contributed by atoms with Crippen LogP contribution in [0, 0.1) is 6.92 Å². The highest BCUT2D eigenvalue weighted by atomic mass is 16.4. The predicted molar refractivity (Wildman–Crippen MR) is 89.3 cm³/mol. The quantitative estimate of drug-likeness (QED) is 0.882. The summed E-state index contributed by atoms with van der Waals surface area (Å²) in [7, 11) is 0. The molecule has 24 heavy (non-hydrogen) atoms. The molecule has 1 saturated heterocycles. The molecule has 3 rings (SSSR count). The molecule has 2 aromatic rings. The Labute approximate surface area is 141 Å². The van der Waals surface area contributed by atoms with Crippen LogP contribution in [-0.2, 0) is 11.2 Å². The van der Waals surface area contributed by atoms with E-state index in [1.54, 1.807) is 18.4 Å². The maximum Gasteiger partial charge on any atom is 0.228 e. The normalized spacial score (nSPS) is 19.9. The highest BCUT2D eigenvalue weighted by molar-refractivity contribution is 5.78. The van der Waals surface area contributed by atoms with Gasteiger partial charge in [0.1, 0.15) is 11.9 Å². The van der Waals surface area contributed by atoms with Crippen LogP contribution in [0.1, 0.15) is 55.4 Å². The van der Waals surface area contributed by atoms with Gasteiger partial charge in [-0.15, -0.1) is 0 Å². The first kappa shape index (κ1) is 16.8. The molecule has 2 aromatic heterocycles. The number of hydrogen-bond donors (Lipinski definition) is 2. The molecule has 1 amide bonds. The van der Waals surface area contributed by atoms with E-state index in [-0.39, 0.29) is 11.9 Å². The number of aromatic nitrogens is 2. The zero-order valence-electron chi connectivity index (χ0n) is 14.1. The van der Waals surface area contributed by atoms with Crippen LogP contribution in [0.15, 0.2) is 28.9 Å². The van der Waals surface area contributed by atoms with Crippen molar-refractivity contribution in [3.8, 4) is 0 Å². The molecular formula is C18H25N3O3. The standard InChI is InChI=1S/C18H25N3O3/c1-13-10-14(20-19-13)11-18(23)21-8-4-2-3-6-15(21)12-16(22)17-7-5-9-24-17/h5,7,9-10,15-16,22H,2-4,6,8,11-12H2,1H3,(H,19,20)/t15-,16+/m1/s1. The van der Waals surface area contributed by atoms with Gasteiger partial charge in [0.25, 0.3) is 0 Å². The molecule has 0 aliphatic carbocycles. The number of carbonyl (C=O) groups is 1. The van der Waals surface area contributed by atoms with E-state index in [0.29, 0.717) is 18.6 Å². The van der Waals surface area contributed by atoms with E-state index >= 15 is 0 Å². The monoisotopic (exact) mass is 331 g/mol. The highest BCUT2D eigenvalue weighted by Crippen LogP contribution is 2.27. The average Bonchev–Trinajstić information content (AvgIpc) is 3.16. The number of nitrogens with one attached hydrogen (secondary N) is 1. The molecule has 1 aliphatic rings. The molecule has 3 heterocycles. The number of aliphatic hydroxyl groups excluding tert-OH is 1. The van der Waals surface area contributed by atoms with Gasteiger partial charge >= 0.3 is 0 Å². The first-order valence-electron chi connectivity index (χ1n) is 8.65. The zero-order chi connectivity index (χ0) is 16.9. The van der Waals surface area contributed by atoms with Gasteiger partial charge in [-0.05, 0) is 38.0 Å². The van der Waals surface area contributed by atoms with Crippen molar-refractivity contribution in [2.75, 3.05) is 6.54 Å². The van der Waals surface area contributed by atoms with Crippen molar-refractivity contribution >= 4 is 5.91 Å². The lowest BCUT2D eigenvalue weighted by atomic mass is 10.0. The molecule has 0 spiro atoms. The summed E-state index contributed by atoms with van der Waals surface area (Å²) >= 11 is 0. The molecule has 0 saturated carbocycles. The molecule has 1 aliphatic heterocycles. The first-order chi connectivity index (χ1) is 11.6. The Kier molecular flexibility index (Phi) is 5.35. The van der Waals surface area contributed by atoms with Crippen molar-refractivity contribution < 1.29 is 14.3 Å². The minimum atomic E-state index is -0.675. The number of rotatable bonds is 5. The second-order valence-electron chi connectivity index (χ2n) is 6.58. The van der Waals surface area contributed by atoms with Crippen molar-refractivity contribution in [3.05, 3.63) is 41.6 Å². The largest absolute Gasteiger partial charge is 0.467 e. The fourth-order valence-corrected chi connectivity index (χ4v) is 3.43. The molecule has 6 heteroatoms. The van der Waals surface area contributed by atoms with Gasteiger partial charge in [-0.2, -0.15) is 5.10 Å². The molecule has 0 aromatic carbocycles. The van der Waals surface area contributed by atoms with Crippen LogP contribution < -0.4 is 0 Å². The third-order valence-electron chi connectivity index (χ3n) is 4.66. The van der Waals surface area contributed by atoms with Crippen LogP contribution in [0.3, 0.4) is 0 Å². The van der Waals surface area contributed by atoms with Crippen molar-refractivity contribution in [1.29, 1.82) is 0 Å². The number of aryl methyl sites for hydroxylation is 1. The van der Waals surface area contributed by atoms with Gasteiger partial charge in [-0.25, -0.2) is 0 Å². The number of likely N-dealkylation sites (tertiary alicyclic amines) is 1. The Morgan fingerprint density at radius 2 is 2.38 bits per heavy atom. The Bertz CT molecular complexity index is 650. The lowest BCUT2D eigenvalue weighted by molar-refractivity contribution is -0.133. The zero-order valence-corrected chi connectivity index (χ0v) is 14.1. The lowest BCUT2D eigenvalue weighted by Gasteiger charge is -2.31. The Morgan fingerprint density at radius 1 is 1.50 bits per heavy atom. The molecule has 2 N–H and O–H groups in total. The number of H-pyrrole nitrogens is 1. The number of aromatic amines is 1. The number of aliphatic hydroxyl groups is 1. The Balaban J connectivity index is 1.68. The predicted octanol–water partition coefficient (Wildman–Crippen LogP) is 2.75. The third-order valence-corrected chi connectivity index (χ3v) is 4.66. The topological polar surface area (TPSA) is 82.4 Å². The van der Waals surface area contributed by atoms with E-state index in [1.807, 2.05) is 17.9 Å². The van der Waals surface area contributed by atoms with Crippen molar-refractivity contribution in [1.82, 2.24) is 15.1 Å². The van der Waals surface area contributed by atoms with Crippen molar-refractivity contribution in [2.24, 2.45) is 0 Å². The summed E-state index contributed by atoms with van der Waals surface area (Å²) in [6.45, 7) is 2.67. The average molecular weight is 331 g/mol. The number of furan rings is 1. The summed E-state index contributed by atoms with van der Waals surface area (Å²) < 4.78 is 5.29. The van der Waals surface area contributed by atoms with Gasteiger partial charge in [0.05, 0.1) is 18.4 Å². The molecule has 2 atom stereocenters. The molecule has 1 fully saturated rings. The van der Waals surface area contributed by atoms with E-state index in [9.17, 15) is 9.90 Å². The fourth-order valence-electron chi connectivity index (χ4n) is 3.43. The van der Waals surface area contributed by atoms with Crippen molar-refractivity contribution in [3.63, 3.8) is 0 Å². The summed E-state index contributed by atoms with van der Waals surface area (Å²) in [6.07, 6.45) is 5.85. The van der Waals surface area contributed by atoms with Crippen LogP contribution in [0.2, 0.25) is 0 Å². The van der Waals surface area contributed by atoms with E-state index in [1.165, 1.54) is 0 Å². The van der Waals surface area contributed by atoms with E-state index in [2.05, 4.69) is 10.2 Å². The second-order valence-corrected chi connectivity index (χ2v) is 6.58. The van der Waals surface area contributed by atoms with Crippen LogP contribution in [0.25, 0.3) is 0 Å². The third kappa shape index (κ3) is 4.06. The number of carbonyl (C=O) groups excluding carboxylic acids is 1. The summed E-state index contributed by atoms with van der Waals surface area (Å²) in [5, 5.41) is 17.4. The molecule has 6 nitrogen and oxygen atoms in total. The van der Waals surface area contributed by atoms with Crippen LogP contribution >= 0.6 is 0 Å². The van der Waals surface area contributed by atoms with E-state index < -0.39 is 6.10 Å². The minimum absolute atomic E-state index is 0.0418. The van der Waals surface area contributed by atoms with Gasteiger partial charge in [0.2, 0.25) is 5.91 Å². The van der Waals surface area contributed by atoms with Gasteiger partial charge < -0.3 is 14.4 Å². The van der Waals surface area contributed by atoms with Gasteiger partial charge in [-0.1, -0.05) is 12.8 Å². The number of amides is 1. The van der Waals surface area contributed by atoms with Gasteiger partial charge in [0, 0.05) is 24.7 Å². The molecule has 0 bridgehead atoms. The number of hydrogen-bond acceptors (Lipinski definition) is 4. The van der Waals surface area contributed by atoms with Gasteiger partial charge in [0.15, 0.2) is 0 Å². The van der Waals surface area contributed by atoms with Gasteiger partial charge in [-0.3, -0.25) is 9.89 Å². The second kappa shape index (κ2) is 7.66. The molecule has 130 valence electrons. The highest BCUT2D eigenvalue weighted by Gasteiger charge is 2.28. The molecule has 0 unspecified atom stereocenters. The smallest absolute Gasteiger partial charge is 0.228 e. The lowest BCUT2D eigenvalue weighted by Crippen LogP contribution is -2.41. The molecular weight excluding hydrogens is 306 g/mol. The first-order valence-corrected chi connectivity index (χ1v) is 8.65. The van der Waals surface area contributed by atoms with Crippen LogP contribution in [-0.4, -0.2) is 38.7 Å². The summed E-state index contributed by atoms with van der Waals surface area (Å²) in [5.74, 6) is 0.648. The van der Waals surface area contributed by atoms with Crippen LogP contribution in [0.4, 0.5) is 0 Å². The minimum Gasteiger partial charge on any atom is -0.467 e. The summed E-state index contributed by atoms with van der Waals surface area (Å²) in [5.41, 5.74) is 1.73.